The second-order valence-corrected chi connectivity index (χ2v) is 9.05. The molecule has 0 aliphatic heterocycles. The number of unbranched alkanes of at least 4 members (excludes halogenated alkanes) is 6. The SMILES string of the molecule is CCCCCCOC(=O)c1cc2c(cc1C(=O)OCCCCCC)-c1cccc3cccc-2c13. The lowest BCUT2D eigenvalue weighted by atomic mass is 9.96. The lowest BCUT2D eigenvalue weighted by molar-refractivity contribution is 0.0450. The highest BCUT2D eigenvalue weighted by atomic mass is 16.5. The Bertz CT molecular complexity index is 1090. The maximum Gasteiger partial charge on any atom is 0.339 e. The van der Waals surface area contributed by atoms with E-state index in [4.69, 9.17) is 9.47 Å². The zero-order chi connectivity index (χ0) is 23.9. The lowest BCUT2D eigenvalue weighted by Crippen LogP contribution is -2.15. The molecule has 0 aromatic heterocycles. The molecule has 0 unspecified atom stereocenters. The number of ether oxygens (including phenoxy) is 2. The molecule has 0 saturated carbocycles. The molecule has 0 N–H and O–H groups in total. The van der Waals surface area contributed by atoms with Crippen molar-refractivity contribution in [3.8, 4) is 22.3 Å². The van der Waals surface area contributed by atoms with Gasteiger partial charge in [-0.05, 0) is 58.0 Å². The normalized spacial score (nSPS) is 11.5. The molecule has 1 aliphatic carbocycles. The topological polar surface area (TPSA) is 52.6 Å². The average molecular weight is 459 g/mol. The molecule has 34 heavy (non-hydrogen) atoms. The zero-order valence-electron chi connectivity index (χ0n) is 20.3. The highest BCUT2D eigenvalue weighted by Crippen LogP contribution is 2.48. The molecule has 0 heterocycles. The monoisotopic (exact) mass is 458 g/mol. The Labute approximate surface area is 202 Å². The molecule has 178 valence electrons. The van der Waals surface area contributed by atoms with E-state index in [1.54, 1.807) is 0 Å². The van der Waals surface area contributed by atoms with E-state index in [-0.39, 0.29) is 11.1 Å². The van der Waals surface area contributed by atoms with Gasteiger partial charge in [0.25, 0.3) is 0 Å². The molecular formula is C30H34O4. The molecule has 0 saturated heterocycles. The van der Waals surface area contributed by atoms with Gasteiger partial charge < -0.3 is 9.47 Å². The number of hydrogen-bond donors (Lipinski definition) is 0. The zero-order valence-corrected chi connectivity index (χ0v) is 20.3. The van der Waals surface area contributed by atoms with Gasteiger partial charge in [-0.25, -0.2) is 9.59 Å². The van der Waals surface area contributed by atoms with Crippen LogP contribution in [-0.2, 0) is 9.47 Å². The van der Waals surface area contributed by atoms with Crippen LogP contribution in [0.3, 0.4) is 0 Å². The molecule has 3 aromatic rings. The fourth-order valence-electron chi connectivity index (χ4n) is 4.72. The number of hydrogen-bond acceptors (Lipinski definition) is 4. The van der Waals surface area contributed by atoms with Crippen molar-refractivity contribution >= 4 is 22.7 Å². The molecule has 0 fully saturated rings. The molecule has 0 spiro atoms. The van der Waals surface area contributed by atoms with E-state index in [9.17, 15) is 9.59 Å². The first-order valence-corrected chi connectivity index (χ1v) is 12.7. The van der Waals surface area contributed by atoms with Crippen LogP contribution in [0.25, 0.3) is 33.0 Å². The highest BCUT2D eigenvalue weighted by molar-refractivity contribution is 6.17. The third kappa shape index (κ3) is 5.01. The molecule has 0 amide bonds. The smallest absolute Gasteiger partial charge is 0.339 e. The molecule has 4 heteroatoms. The fraction of sp³-hybridized carbons (Fsp3) is 0.400. The van der Waals surface area contributed by atoms with Crippen molar-refractivity contribution in [2.24, 2.45) is 0 Å². The minimum absolute atomic E-state index is 0.289. The lowest BCUT2D eigenvalue weighted by Gasteiger charge is -2.13. The summed E-state index contributed by atoms with van der Waals surface area (Å²) in [6, 6.07) is 16.0. The number of fused-ring (bicyclic) bond motifs is 3. The number of carbonyl (C=O) groups excluding carboxylic acids is 2. The van der Waals surface area contributed by atoms with Crippen molar-refractivity contribution in [2.75, 3.05) is 13.2 Å². The van der Waals surface area contributed by atoms with Crippen molar-refractivity contribution in [3.63, 3.8) is 0 Å². The van der Waals surface area contributed by atoms with Crippen LogP contribution in [-0.4, -0.2) is 25.2 Å². The van der Waals surface area contributed by atoms with Gasteiger partial charge in [0.2, 0.25) is 0 Å². The molecule has 0 radical (unpaired) electrons. The van der Waals surface area contributed by atoms with Crippen LogP contribution < -0.4 is 0 Å². The molecule has 3 aromatic carbocycles. The Balaban J connectivity index is 1.65. The van der Waals surface area contributed by atoms with Crippen LogP contribution in [0, 0.1) is 0 Å². The summed E-state index contributed by atoms with van der Waals surface area (Å²) in [4.78, 5) is 26.2. The van der Waals surface area contributed by atoms with Gasteiger partial charge in [-0.2, -0.15) is 0 Å². The predicted molar refractivity (Wildman–Crippen MR) is 137 cm³/mol. The van der Waals surface area contributed by atoms with Gasteiger partial charge in [0, 0.05) is 0 Å². The van der Waals surface area contributed by atoms with Crippen LogP contribution >= 0.6 is 0 Å². The van der Waals surface area contributed by atoms with Crippen LogP contribution in [0.1, 0.15) is 85.9 Å². The van der Waals surface area contributed by atoms with Gasteiger partial charge in [0.15, 0.2) is 0 Å². The van der Waals surface area contributed by atoms with Crippen molar-refractivity contribution in [3.05, 3.63) is 59.7 Å². The van der Waals surface area contributed by atoms with Crippen molar-refractivity contribution in [1.29, 1.82) is 0 Å². The first-order valence-electron chi connectivity index (χ1n) is 12.7. The minimum Gasteiger partial charge on any atom is -0.462 e. The summed E-state index contributed by atoms with van der Waals surface area (Å²) in [6.45, 7) is 5.01. The van der Waals surface area contributed by atoms with Crippen molar-refractivity contribution < 1.29 is 19.1 Å². The van der Waals surface area contributed by atoms with E-state index in [0.29, 0.717) is 13.2 Å². The molecular weight excluding hydrogens is 424 g/mol. The maximum absolute atomic E-state index is 13.1. The Morgan fingerprint density at radius 1 is 0.618 bits per heavy atom. The summed E-state index contributed by atoms with van der Waals surface area (Å²) in [5.41, 5.74) is 4.67. The Morgan fingerprint density at radius 2 is 1.09 bits per heavy atom. The van der Waals surface area contributed by atoms with Crippen LogP contribution in [0.5, 0.6) is 0 Å². The first-order chi connectivity index (χ1) is 16.7. The fourth-order valence-corrected chi connectivity index (χ4v) is 4.72. The first kappa shape index (κ1) is 24.0. The predicted octanol–water partition coefficient (Wildman–Crippen LogP) is 7.96. The Morgan fingerprint density at radius 3 is 1.53 bits per heavy atom. The number of rotatable bonds is 12. The largest absolute Gasteiger partial charge is 0.462 e. The standard InChI is InChI=1S/C30H34O4/c1-3-5-7-9-17-33-29(31)26-19-24-22-15-11-13-21-14-12-16-23(28(21)22)25(24)20-27(26)30(32)34-18-10-8-6-4-2/h11-16,19-20H,3-10,17-18H2,1-2H3. The highest BCUT2D eigenvalue weighted by Gasteiger charge is 2.28. The van der Waals surface area contributed by atoms with Crippen molar-refractivity contribution in [2.45, 2.75) is 65.2 Å². The third-order valence-corrected chi connectivity index (χ3v) is 6.54. The average Bonchev–Trinajstić information content (AvgIpc) is 3.17. The second kappa shape index (κ2) is 11.3. The van der Waals surface area contributed by atoms with Gasteiger partial charge in [0.1, 0.15) is 0 Å². The van der Waals surface area contributed by atoms with Crippen molar-refractivity contribution in [1.82, 2.24) is 0 Å². The Kier molecular flexibility index (Phi) is 7.99. The molecule has 0 bridgehead atoms. The number of esters is 2. The summed E-state index contributed by atoms with van der Waals surface area (Å²) in [5, 5.41) is 2.30. The maximum atomic E-state index is 13.1. The van der Waals surface area contributed by atoms with Crippen LogP contribution in [0.2, 0.25) is 0 Å². The third-order valence-electron chi connectivity index (χ3n) is 6.54. The summed E-state index contributed by atoms with van der Waals surface area (Å²) in [7, 11) is 0. The molecule has 4 nitrogen and oxygen atoms in total. The van der Waals surface area contributed by atoms with Gasteiger partial charge in [-0.15, -0.1) is 0 Å². The quantitative estimate of drug-likeness (QED) is 0.160. The van der Waals surface area contributed by atoms with E-state index < -0.39 is 11.9 Å². The van der Waals surface area contributed by atoms with E-state index in [2.05, 4.69) is 38.1 Å². The Hall–Kier alpha value is -3.14. The molecule has 4 rings (SSSR count). The summed E-state index contributed by atoms with van der Waals surface area (Å²) in [6.07, 6.45) is 8.19. The van der Waals surface area contributed by atoms with Crippen LogP contribution in [0.15, 0.2) is 48.5 Å². The summed E-state index contributed by atoms with van der Waals surface area (Å²) >= 11 is 0. The number of carbonyl (C=O) groups is 2. The summed E-state index contributed by atoms with van der Waals surface area (Å²) in [5.74, 6) is -0.916. The van der Waals surface area contributed by atoms with Gasteiger partial charge in [0.05, 0.1) is 24.3 Å². The summed E-state index contributed by atoms with van der Waals surface area (Å²) < 4.78 is 11.2. The molecule has 1 aliphatic rings. The minimum atomic E-state index is -0.458. The molecule has 0 atom stereocenters. The van der Waals surface area contributed by atoms with Gasteiger partial charge in [-0.3, -0.25) is 0 Å². The van der Waals surface area contributed by atoms with Gasteiger partial charge >= 0.3 is 11.9 Å². The van der Waals surface area contributed by atoms with E-state index in [1.807, 2.05) is 24.3 Å². The van der Waals surface area contributed by atoms with E-state index >= 15 is 0 Å². The van der Waals surface area contributed by atoms with Gasteiger partial charge in [-0.1, -0.05) is 88.8 Å². The second-order valence-electron chi connectivity index (χ2n) is 9.05. The van der Waals surface area contributed by atoms with E-state index in [0.717, 1.165) is 84.4 Å². The van der Waals surface area contributed by atoms with Crippen LogP contribution in [0.4, 0.5) is 0 Å². The number of benzene rings is 3. The van der Waals surface area contributed by atoms with E-state index in [1.165, 1.54) is 0 Å².